The number of aliphatic hydroxyl groups excluding tert-OH is 1. The summed E-state index contributed by atoms with van der Waals surface area (Å²) in [6, 6.07) is 0. The lowest BCUT2D eigenvalue weighted by atomic mass is 10.0. The first-order valence-corrected chi connectivity index (χ1v) is 6.70. The highest BCUT2D eigenvalue weighted by Gasteiger charge is 2.11. The molecule has 0 fully saturated rings. The minimum Gasteiger partial charge on any atom is -0.389 e. The predicted molar refractivity (Wildman–Crippen MR) is 65.9 cm³/mol. The first-order chi connectivity index (χ1) is 7.33. The molecule has 0 aliphatic heterocycles. The zero-order valence-corrected chi connectivity index (χ0v) is 10.2. The Morgan fingerprint density at radius 2 is 1.80 bits per heavy atom. The third kappa shape index (κ3) is 5.99. The summed E-state index contributed by atoms with van der Waals surface area (Å²) in [7, 11) is 0. The van der Waals surface area contributed by atoms with Crippen LogP contribution >= 0.6 is 0 Å². The molecule has 0 spiro atoms. The largest absolute Gasteiger partial charge is 0.389 e. The number of unbranched alkanes of at least 4 members (excludes halogenated alkanes) is 6. The minimum atomic E-state index is -0.135. The minimum absolute atomic E-state index is 0.135. The standard InChI is InChI=1S/C14H26O/c1-2-3-4-5-6-7-8-9-13-10-11-14(15)12-13/h12,14-15H,2-11H2,1H3. The number of rotatable bonds is 8. The van der Waals surface area contributed by atoms with Crippen molar-refractivity contribution in [3.8, 4) is 0 Å². The van der Waals surface area contributed by atoms with Crippen LogP contribution in [0.4, 0.5) is 0 Å². The highest BCUT2D eigenvalue weighted by molar-refractivity contribution is 5.11. The molecule has 1 atom stereocenters. The van der Waals surface area contributed by atoms with Crippen molar-refractivity contribution in [2.75, 3.05) is 0 Å². The van der Waals surface area contributed by atoms with Crippen LogP contribution < -0.4 is 0 Å². The maximum atomic E-state index is 9.32. The molecule has 0 bridgehead atoms. The van der Waals surface area contributed by atoms with E-state index in [0.29, 0.717) is 0 Å². The molecule has 0 aromatic carbocycles. The van der Waals surface area contributed by atoms with E-state index >= 15 is 0 Å². The topological polar surface area (TPSA) is 20.2 Å². The maximum absolute atomic E-state index is 9.32. The molecule has 1 aliphatic rings. The highest BCUT2D eigenvalue weighted by atomic mass is 16.3. The van der Waals surface area contributed by atoms with Crippen LogP contribution in [-0.2, 0) is 0 Å². The Bertz CT molecular complexity index is 184. The first-order valence-electron chi connectivity index (χ1n) is 6.70. The molecule has 1 heteroatoms. The molecule has 0 radical (unpaired) electrons. The Morgan fingerprint density at radius 1 is 1.13 bits per heavy atom. The molecule has 0 saturated carbocycles. The zero-order chi connectivity index (χ0) is 10.9. The quantitative estimate of drug-likeness (QED) is 0.470. The first kappa shape index (κ1) is 12.8. The number of allylic oxidation sites excluding steroid dienone is 1. The molecule has 1 aliphatic carbocycles. The molecule has 1 N–H and O–H groups in total. The summed E-state index contributed by atoms with van der Waals surface area (Å²) in [6.07, 6.45) is 14.9. The molecule has 0 aromatic heterocycles. The van der Waals surface area contributed by atoms with Gasteiger partial charge >= 0.3 is 0 Å². The van der Waals surface area contributed by atoms with Crippen LogP contribution in [0.1, 0.15) is 71.1 Å². The van der Waals surface area contributed by atoms with Crippen molar-refractivity contribution in [3.05, 3.63) is 11.6 Å². The van der Waals surface area contributed by atoms with Crippen LogP contribution in [0.5, 0.6) is 0 Å². The van der Waals surface area contributed by atoms with Gasteiger partial charge in [-0.3, -0.25) is 0 Å². The fourth-order valence-electron chi connectivity index (χ4n) is 2.29. The monoisotopic (exact) mass is 210 g/mol. The van der Waals surface area contributed by atoms with E-state index in [0.717, 1.165) is 12.8 Å². The van der Waals surface area contributed by atoms with Crippen molar-refractivity contribution >= 4 is 0 Å². The molecule has 0 heterocycles. The molecule has 0 amide bonds. The summed E-state index contributed by atoms with van der Waals surface area (Å²) in [5.74, 6) is 0. The van der Waals surface area contributed by atoms with E-state index in [1.54, 1.807) is 0 Å². The fourth-order valence-corrected chi connectivity index (χ4v) is 2.29. The molecule has 1 nitrogen and oxygen atoms in total. The second-order valence-corrected chi connectivity index (χ2v) is 4.80. The lowest BCUT2D eigenvalue weighted by molar-refractivity contribution is 0.223. The lowest BCUT2D eigenvalue weighted by Crippen LogP contribution is -1.93. The molecular formula is C14H26O. The molecule has 1 unspecified atom stereocenters. The Kier molecular flexibility index (Phi) is 6.74. The van der Waals surface area contributed by atoms with Crippen LogP contribution in [0.15, 0.2) is 11.6 Å². The van der Waals surface area contributed by atoms with Gasteiger partial charge in [-0.25, -0.2) is 0 Å². The Labute approximate surface area is 94.6 Å². The van der Waals surface area contributed by atoms with Gasteiger partial charge in [-0.1, -0.05) is 57.1 Å². The fraction of sp³-hybridized carbons (Fsp3) is 0.857. The molecule has 88 valence electrons. The Morgan fingerprint density at radius 3 is 2.40 bits per heavy atom. The highest BCUT2D eigenvalue weighted by Crippen LogP contribution is 2.23. The van der Waals surface area contributed by atoms with E-state index in [2.05, 4.69) is 13.0 Å². The average molecular weight is 210 g/mol. The second kappa shape index (κ2) is 7.92. The van der Waals surface area contributed by atoms with Crippen LogP contribution in [0, 0.1) is 0 Å². The van der Waals surface area contributed by atoms with Gasteiger partial charge < -0.3 is 5.11 Å². The van der Waals surface area contributed by atoms with Gasteiger partial charge in [-0.15, -0.1) is 0 Å². The summed E-state index contributed by atoms with van der Waals surface area (Å²) in [6.45, 7) is 2.26. The van der Waals surface area contributed by atoms with Gasteiger partial charge in [0.15, 0.2) is 0 Å². The SMILES string of the molecule is CCCCCCCCCC1=CC(O)CC1. The summed E-state index contributed by atoms with van der Waals surface area (Å²) < 4.78 is 0. The Balaban J connectivity index is 1.87. The van der Waals surface area contributed by atoms with Crippen molar-refractivity contribution in [2.45, 2.75) is 77.2 Å². The smallest absolute Gasteiger partial charge is 0.0726 e. The average Bonchev–Trinajstić information content (AvgIpc) is 2.63. The normalized spacial score (nSPS) is 20.7. The number of aliphatic hydroxyl groups is 1. The molecule has 0 aromatic rings. The number of hydrogen-bond acceptors (Lipinski definition) is 1. The zero-order valence-electron chi connectivity index (χ0n) is 10.2. The molecule has 1 rings (SSSR count). The van der Waals surface area contributed by atoms with Crippen LogP contribution in [0.25, 0.3) is 0 Å². The van der Waals surface area contributed by atoms with Gasteiger partial charge in [0.2, 0.25) is 0 Å². The summed E-state index contributed by atoms with van der Waals surface area (Å²) in [4.78, 5) is 0. The molecule has 0 saturated heterocycles. The van der Waals surface area contributed by atoms with Gasteiger partial charge in [-0.05, 0) is 25.7 Å². The van der Waals surface area contributed by atoms with Crippen LogP contribution in [0.3, 0.4) is 0 Å². The van der Waals surface area contributed by atoms with Gasteiger partial charge in [0.1, 0.15) is 0 Å². The van der Waals surface area contributed by atoms with Gasteiger partial charge in [0.25, 0.3) is 0 Å². The van der Waals surface area contributed by atoms with E-state index in [1.807, 2.05) is 0 Å². The van der Waals surface area contributed by atoms with E-state index < -0.39 is 0 Å². The van der Waals surface area contributed by atoms with Crippen molar-refractivity contribution < 1.29 is 5.11 Å². The van der Waals surface area contributed by atoms with Crippen LogP contribution in [0.2, 0.25) is 0 Å². The maximum Gasteiger partial charge on any atom is 0.0726 e. The molecular weight excluding hydrogens is 184 g/mol. The van der Waals surface area contributed by atoms with E-state index in [9.17, 15) is 5.11 Å². The van der Waals surface area contributed by atoms with E-state index in [-0.39, 0.29) is 6.10 Å². The Hall–Kier alpha value is -0.300. The van der Waals surface area contributed by atoms with E-state index in [1.165, 1.54) is 56.9 Å². The lowest BCUT2D eigenvalue weighted by Gasteiger charge is -2.02. The van der Waals surface area contributed by atoms with Crippen LogP contribution in [-0.4, -0.2) is 11.2 Å². The summed E-state index contributed by atoms with van der Waals surface area (Å²) in [5, 5.41) is 9.32. The second-order valence-electron chi connectivity index (χ2n) is 4.80. The van der Waals surface area contributed by atoms with Crippen molar-refractivity contribution in [1.82, 2.24) is 0 Å². The van der Waals surface area contributed by atoms with Gasteiger partial charge in [0, 0.05) is 0 Å². The van der Waals surface area contributed by atoms with Crippen molar-refractivity contribution in [2.24, 2.45) is 0 Å². The third-order valence-electron chi connectivity index (χ3n) is 3.29. The number of hydrogen-bond donors (Lipinski definition) is 1. The van der Waals surface area contributed by atoms with Crippen molar-refractivity contribution in [1.29, 1.82) is 0 Å². The van der Waals surface area contributed by atoms with Crippen molar-refractivity contribution in [3.63, 3.8) is 0 Å². The van der Waals surface area contributed by atoms with Gasteiger partial charge in [-0.2, -0.15) is 0 Å². The summed E-state index contributed by atoms with van der Waals surface area (Å²) in [5.41, 5.74) is 1.50. The third-order valence-corrected chi connectivity index (χ3v) is 3.29. The summed E-state index contributed by atoms with van der Waals surface area (Å²) >= 11 is 0. The molecule has 15 heavy (non-hydrogen) atoms. The van der Waals surface area contributed by atoms with E-state index in [4.69, 9.17) is 0 Å². The predicted octanol–water partition coefficient (Wildman–Crippen LogP) is 4.21. The van der Waals surface area contributed by atoms with Gasteiger partial charge in [0.05, 0.1) is 6.10 Å².